The summed E-state index contributed by atoms with van der Waals surface area (Å²) in [5.41, 5.74) is 1.15. The van der Waals surface area contributed by atoms with Crippen LogP contribution in [0.5, 0.6) is 0 Å². The van der Waals surface area contributed by atoms with Crippen LogP contribution in [0.3, 0.4) is 0 Å². The number of benzene rings is 1. The Kier molecular flexibility index (Phi) is 3.78. The van der Waals surface area contributed by atoms with Crippen molar-refractivity contribution < 1.29 is 14.3 Å². The number of hydrogen-bond donors (Lipinski definition) is 0. The minimum Gasteiger partial charge on any atom is -0.465 e. The SMILES string of the molecule is COC(=O)c1cc(CC(C)=O)ccc1C#N. The van der Waals surface area contributed by atoms with Crippen molar-refractivity contribution in [1.29, 1.82) is 5.26 Å². The lowest BCUT2D eigenvalue weighted by Crippen LogP contribution is -2.06. The molecule has 0 heterocycles. The molecule has 1 rings (SSSR count). The third-order valence-corrected chi connectivity index (χ3v) is 2.06. The van der Waals surface area contributed by atoms with E-state index in [1.165, 1.54) is 26.2 Å². The molecule has 0 radical (unpaired) electrons. The number of ether oxygens (including phenoxy) is 1. The summed E-state index contributed by atoms with van der Waals surface area (Å²) in [6.45, 7) is 1.47. The summed E-state index contributed by atoms with van der Waals surface area (Å²) in [5, 5.41) is 8.81. The van der Waals surface area contributed by atoms with E-state index in [4.69, 9.17) is 5.26 Å². The average Bonchev–Trinajstić information content (AvgIpc) is 2.27. The molecule has 1 aromatic carbocycles. The summed E-state index contributed by atoms with van der Waals surface area (Å²) < 4.78 is 4.56. The maximum Gasteiger partial charge on any atom is 0.339 e. The molecular formula is C12H11NO3. The van der Waals surface area contributed by atoms with Gasteiger partial charge < -0.3 is 4.74 Å². The lowest BCUT2D eigenvalue weighted by molar-refractivity contribution is -0.116. The van der Waals surface area contributed by atoms with Gasteiger partial charge in [-0.25, -0.2) is 4.79 Å². The molecule has 0 aliphatic rings. The minimum atomic E-state index is -0.568. The predicted octanol–water partition coefficient (Wildman–Crippen LogP) is 1.48. The first-order valence-corrected chi connectivity index (χ1v) is 4.69. The van der Waals surface area contributed by atoms with E-state index in [0.717, 1.165) is 0 Å². The number of esters is 1. The van der Waals surface area contributed by atoms with Crippen molar-refractivity contribution in [2.45, 2.75) is 13.3 Å². The first kappa shape index (κ1) is 11.9. The van der Waals surface area contributed by atoms with Crippen molar-refractivity contribution in [2.75, 3.05) is 7.11 Å². The molecule has 4 nitrogen and oxygen atoms in total. The smallest absolute Gasteiger partial charge is 0.339 e. The molecule has 0 aliphatic carbocycles. The minimum absolute atomic E-state index is 0.000485. The maximum absolute atomic E-state index is 11.4. The predicted molar refractivity (Wildman–Crippen MR) is 56.9 cm³/mol. The number of carbonyl (C=O) groups is 2. The van der Waals surface area contributed by atoms with Crippen LogP contribution in [0.2, 0.25) is 0 Å². The van der Waals surface area contributed by atoms with Crippen LogP contribution >= 0.6 is 0 Å². The molecule has 0 atom stereocenters. The highest BCUT2D eigenvalue weighted by atomic mass is 16.5. The van der Waals surface area contributed by atoms with Gasteiger partial charge in [-0.3, -0.25) is 4.79 Å². The lowest BCUT2D eigenvalue weighted by Gasteiger charge is -2.04. The molecule has 0 aliphatic heterocycles. The van der Waals surface area contributed by atoms with Gasteiger partial charge in [0.1, 0.15) is 11.9 Å². The van der Waals surface area contributed by atoms with Crippen LogP contribution in [0, 0.1) is 11.3 Å². The van der Waals surface area contributed by atoms with E-state index >= 15 is 0 Å². The van der Waals surface area contributed by atoms with Crippen LogP contribution in [0.4, 0.5) is 0 Å². The van der Waals surface area contributed by atoms with Gasteiger partial charge in [-0.05, 0) is 24.6 Å². The molecule has 0 fully saturated rings. The Labute approximate surface area is 93.5 Å². The van der Waals surface area contributed by atoms with Crippen LogP contribution in [0.1, 0.15) is 28.4 Å². The van der Waals surface area contributed by atoms with Crippen molar-refractivity contribution in [1.82, 2.24) is 0 Å². The Hall–Kier alpha value is -2.15. The molecule has 0 unspecified atom stereocenters. The molecule has 0 saturated heterocycles. The van der Waals surface area contributed by atoms with Gasteiger partial charge in [0, 0.05) is 6.42 Å². The molecular weight excluding hydrogens is 206 g/mol. The highest BCUT2D eigenvalue weighted by Gasteiger charge is 2.12. The highest BCUT2D eigenvalue weighted by molar-refractivity contribution is 5.92. The van der Waals surface area contributed by atoms with Gasteiger partial charge >= 0.3 is 5.97 Å². The second-order valence-electron chi connectivity index (χ2n) is 3.36. The topological polar surface area (TPSA) is 67.2 Å². The number of methoxy groups -OCH3 is 1. The van der Waals surface area contributed by atoms with Gasteiger partial charge in [0.25, 0.3) is 0 Å². The Bertz CT molecular complexity index is 472. The van der Waals surface area contributed by atoms with E-state index in [1.807, 2.05) is 6.07 Å². The third kappa shape index (κ3) is 2.67. The molecule has 4 heteroatoms. The van der Waals surface area contributed by atoms with E-state index in [9.17, 15) is 9.59 Å². The van der Waals surface area contributed by atoms with Crippen molar-refractivity contribution in [3.63, 3.8) is 0 Å². The number of Topliss-reactive ketones (excluding diaryl/α,β-unsaturated/α-hetero) is 1. The number of carbonyl (C=O) groups excluding carboxylic acids is 2. The summed E-state index contributed by atoms with van der Waals surface area (Å²) in [4.78, 5) is 22.3. The summed E-state index contributed by atoms with van der Waals surface area (Å²) in [6, 6.07) is 6.60. The highest BCUT2D eigenvalue weighted by Crippen LogP contribution is 2.13. The molecule has 0 aromatic heterocycles. The summed E-state index contributed by atoms with van der Waals surface area (Å²) in [6.07, 6.45) is 0.246. The zero-order valence-corrected chi connectivity index (χ0v) is 9.11. The van der Waals surface area contributed by atoms with Crippen LogP contribution in [-0.4, -0.2) is 18.9 Å². The van der Waals surface area contributed by atoms with Crippen LogP contribution in [-0.2, 0) is 16.0 Å². The molecule has 16 heavy (non-hydrogen) atoms. The Morgan fingerprint density at radius 2 is 2.12 bits per heavy atom. The summed E-state index contributed by atoms with van der Waals surface area (Å²) >= 11 is 0. The van der Waals surface area contributed by atoms with E-state index in [0.29, 0.717) is 5.56 Å². The van der Waals surface area contributed by atoms with Gasteiger partial charge in [-0.15, -0.1) is 0 Å². The molecule has 0 bridgehead atoms. The van der Waals surface area contributed by atoms with Crippen molar-refractivity contribution in [2.24, 2.45) is 0 Å². The molecule has 0 amide bonds. The third-order valence-electron chi connectivity index (χ3n) is 2.06. The number of hydrogen-bond acceptors (Lipinski definition) is 4. The van der Waals surface area contributed by atoms with Crippen LogP contribution in [0.15, 0.2) is 18.2 Å². The zero-order valence-electron chi connectivity index (χ0n) is 9.11. The number of nitrogens with zero attached hydrogens (tertiary/aromatic N) is 1. The van der Waals surface area contributed by atoms with Gasteiger partial charge in [0.15, 0.2) is 0 Å². The van der Waals surface area contributed by atoms with Gasteiger partial charge in [-0.1, -0.05) is 6.07 Å². The average molecular weight is 217 g/mol. The van der Waals surface area contributed by atoms with Crippen LogP contribution in [0.25, 0.3) is 0 Å². The maximum atomic E-state index is 11.4. The number of rotatable bonds is 3. The second kappa shape index (κ2) is 5.08. The summed E-state index contributed by atoms with van der Waals surface area (Å²) in [5.74, 6) is -0.567. The largest absolute Gasteiger partial charge is 0.465 e. The Balaban J connectivity index is 3.17. The van der Waals surface area contributed by atoms with E-state index in [1.54, 1.807) is 6.07 Å². The standard InChI is InChI=1S/C12H11NO3/c1-8(14)5-9-3-4-10(7-13)11(6-9)12(15)16-2/h3-4,6H,5H2,1-2H3. The van der Waals surface area contributed by atoms with Gasteiger partial charge in [0.05, 0.1) is 18.2 Å². The normalized spacial score (nSPS) is 9.31. The van der Waals surface area contributed by atoms with E-state index in [-0.39, 0.29) is 23.3 Å². The molecule has 0 spiro atoms. The van der Waals surface area contributed by atoms with E-state index in [2.05, 4.69) is 4.74 Å². The summed E-state index contributed by atoms with van der Waals surface area (Å²) in [7, 11) is 1.25. The van der Waals surface area contributed by atoms with E-state index < -0.39 is 5.97 Å². The monoisotopic (exact) mass is 217 g/mol. The molecule has 82 valence electrons. The number of ketones is 1. The van der Waals surface area contributed by atoms with Crippen molar-refractivity contribution >= 4 is 11.8 Å². The first-order valence-electron chi connectivity index (χ1n) is 4.69. The fraction of sp³-hybridized carbons (Fsp3) is 0.250. The van der Waals surface area contributed by atoms with Crippen molar-refractivity contribution in [3.05, 3.63) is 34.9 Å². The zero-order chi connectivity index (χ0) is 12.1. The Morgan fingerprint density at radius 3 is 2.62 bits per heavy atom. The molecule has 0 N–H and O–H groups in total. The first-order chi connectivity index (χ1) is 7.58. The van der Waals surface area contributed by atoms with Gasteiger partial charge in [-0.2, -0.15) is 5.26 Å². The molecule has 1 aromatic rings. The molecule has 0 saturated carbocycles. The second-order valence-corrected chi connectivity index (χ2v) is 3.36. The lowest BCUT2D eigenvalue weighted by atomic mass is 10.0. The quantitative estimate of drug-likeness (QED) is 0.719. The fourth-order valence-corrected chi connectivity index (χ4v) is 1.37. The number of nitriles is 1. The van der Waals surface area contributed by atoms with Gasteiger partial charge in [0.2, 0.25) is 0 Å². The fourth-order valence-electron chi connectivity index (χ4n) is 1.37. The van der Waals surface area contributed by atoms with Crippen LogP contribution < -0.4 is 0 Å². The Morgan fingerprint density at radius 1 is 1.44 bits per heavy atom. The van der Waals surface area contributed by atoms with Crippen molar-refractivity contribution in [3.8, 4) is 6.07 Å².